The van der Waals surface area contributed by atoms with Crippen molar-refractivity contribution in [3.8, 4) is 11.5 Å². The van der Waals surface area contributed by atoms with Gasteiger partial charge >= 0.3 is 0 Å². The molecular formula is C17H22N2O2. The Kier molecular flexibility index (Phi) is 5.46. The molecule has 0 heterocycles. The van der Waals surface area contributed by atoms with Crippen molar-refractivity contribution in [3.05, 3.63) is 54.1 Å². The third-order valence-corrected chi connectivity index (χ3v) is 3.09. The average Bonchev–Trinajstić information content (AvgIpc) is 2.52. The van der Waals surface area contributed by atoms with Crippen LogP contribution in [0.25, 0.3) is 0 Å². The van der Waals surface area contributed by atoms with E-state index >= 15 is 0 Å². The van der Waals surface area contributed by atoms with Gasteiger partial charge < -0.3 is 20.1 Å². The van der Waals surface area contributed by atoms with Crippen LogP contribution >= 0.6 is 0 Å². The summed E-state index contributed by atoms with van der Waals surface area (Å²) in [5, 5.41) is 0. The molecule has 0 spiro atoms. The first kappa shape index (κ1) is 15.2. The zero-order chi connectivity index (χ0) is 15.1. The predicted molar refractivity (Wildman–Crippen MR) is 86.1 cm³/mol. The minimum absolute atomic E-state index is 0.500. The van der Waals surface area contributed by atoms with Gasteiger partial charge in [0, 0.05) is 32.4 Å². The summed E-state index contributed by atoms with van der Waals surface area (Å²) in [5.41, 5.74) is 7.78. The lowest BCUT2D eigenvalue weighted by Crippen LogP contribution is -2.11. The molecule has 112 valence electrons. The fourth-order valence-electron chi connectivity index (χ4n) is 1.93. The van der Waals surface area contributed by atoms with E-state index in [4.69, 9.17) is 15.2 Å². The maximum atomic E-state index is 5.70. The minimum Gasteiger partial charge on any atom is -0.490 e. The second-order valence-electron chi connectivity index (χ2n) is 4.94. The van der Waals surface area contributed by atoms with Gasteiger partial charge in [-0.15, -0.1) is 0 Å². The van der Waals surface area contributed by atoms with Crippen LogP contribution in [0.4, 0.5) is 5.69 Å². The van der Waals surface area contributed by atoms with Crippen molar-refractivity contribution in [2.75, 3.05) is 32.2 Å². The standard InChI is InChI=1S/C17H22N2O2/c1-19(2)15-6-4-8-17(12-15)21-10-9-20-16-7-3-5-14(11-16)13-18/h3-8,11-12H,9-10,13,18H2,1-2H3. The quantitative estimate of drug-likeness (QED) is 0.795. The van der Waals surface area contributed by atoms with Gasteiger partial charge in [0.1, 0.15) is 24.7 Å². The van der Waals surface area contributed by atoms with Crippen LogP contribution in [0.1, 0.15) is 5.56 Å². The Balaban J connectivity index is 1.80. The molecule has 0 unspecified atom stereocenters. The minimum atomic E-state index is 0.500. The summed E-state index contributed by atoms with van der Waals surface area (Å²) in [6.07, 6.45) is 0. The van der Waals surface area contributed by atoms with Gasteiger partial charge in [-0.1, -0.05) is 18.2 Å². The van der Waals surface area contributed by atoms with E-state index in [1.807, 2.05) is 67.5 Å². The second kappa shape index (κ2) is 7.55. The van der Waals surface area contributed by atoms with E-state index in [1.165, 1.54) is 0 Å². The monoisotopic (exact) mass is 286 g/mol. The lowest BCUT2D eigenvalue weighted by Gasteiger charge is -2.14. The summed E-state index contributed by atoms with van der Waals surface area (Å²) < 4.78 is 11.4. The first-order valence-electron chi connectivity index (χ1n) is 7.01. The van der Waals surface area contributed by atoms with Gasteiger partial charge in [0.15, 0.2) is 0 Å². The van der Waals surface area contributed by atoms with E-state index in [9.17, 15) is 0 Å². The molecule has 2 aromatic carbocycles. The molecule has 0 saturated heterocycles. The molecule has 0 aliphatic carbocycles. The van der Waals surface area contributed by atoms with Crippen LogP contribution < -0.4 is 20.1 Å². The highest BCUT2D eigenvalue weighted by molar-refractivity contribution is 5.49. The summed E-state index contributed by atoms with van der Waals surface area (Å²) in [4.78, 5) is 2.04. The van der Waals surface area contributed by atoms with Crippen LogP contribution in [-0.4, -0.2) is 27.3 Å². The Morgan fingerprint density at radius 3 is 2.14 bits per heavy atom. The lowest BCUT2D eigenvalue weighted by molar-refractivity contribution is 0.217. The molecule has 0 fully saturated rings. The third kappa shape index (κ3) is 4.68. The Morgan fingerprint density at radius 2 is 1.52 bits per heavy atom. The first-order valence-corrected chi connectivity index (χ1v) is 7.01. The maximum Gasteiger partial charge on any atom is 0.122 e. The van der Waals surface area contributed by atoms with Crippen LogP contribution in [-0.2, 0) is 6.54 Å². The molecule has 0 radical (unpaired) electrons. The number of nitrogens with two attached hydrogens (primary N) is 1. The summed E-state index contributed by atoms with van der Waals surface area (Å²) in [6.45, 7) is 1.52. The van der Waals surface area contributed by atoms with Crippen LogP contribution in [0.2, 0.25) is 0 Å². The number of benzene rings is 2. The fraction of sp³-hybridized carbons (Fsp3) is 0.294. The van der Waals surface area contributed by atoms with E-state index in [1.54, 1.807) is 0 Å². The lowest BCUT2D eigenvalue weighted by atomic mass is 10.2. The van der Waals surface area contributed by atoms with E-state index < -0.39 is 0 Å². The molecule has 0 atom stereocenters. The van der Waals surface area contributed by atoms with E-state index in [2.05, 4.69) is 0 Å². The van der Waals surface area contributed by atoms with Crippen LogP contribution in [0.3, 0.4) is 0 Å². The van der Waals surface area contributed by atoms with Crippen LogP contribution in [0.15, 0.2) is 48.5 Å². The van der Waals surface area contributed by atoms with Crippen molar-refractivity contribution in [2.45, 2.75) is 6.54 Å². The Morgan fingerprint density at radius 1 is 0.905 bits per heavy atom. The highest BCUT2D eigenvalue weighted by Gasteiger charge is 1.99. The molecule has 0 amide bonds. The number of hydrogen-bond donors (Lipinski definition) is 1. The van der Waals surface area contributed by atoms with Crippen molar-refractivity contribution >= 4 is 5.69 Å². The fourth-order valence-corrected chi connectivity index (χ4v) is 1.93. The summed E-state index contributed by atoms with van der Waals surface area (Å²) >= 11 is 0. The molecule has 0 aliphatic heterocycles. The summed E-state index contributed by atoms with van der Waals surface area (Å²) in [6, 6.07) is 15.8. The zero-order valence-corrected chi connectivity index (χ0v) is 12.6. The van der Waals surface area contributed by atoms with Gasteiger partial charge in [-0.2, -0.15) is 0 Å². The molecule has 4 nitrogen and oxygen atoms in total. The topological polar surface area (TPSA) is 47.7 Å². The molecule has 2 N–H and O–H groups in total. The van der Waals surface area contributed by atoms with Crippen molar-refractivity contribution < 1.29 is 9.47 Å². The molecule has 0 bridgehead atoms. The molecule has 2 rings (SSSR count). The highest BCUT2D eigenvalue weighted by Crippen LogP contribution is 2.19. The smallest absolute Gasteiger partial charge is 0.122 e. The van der Waals surface area contributed by atoms with Gasteiger partial charge in [0.25, 0.3) is 0 Å². The van der Waals surface area contributed by atoms with Gasteiger partial charge in [-0.05, 0) is 29.8 Å². The zero-order valence-electron chi connectivity index (χ0n) is 12.6. The number of nitrogens with zero attached hydrogens (tertiary/aromatic N) is 1. The Bertz CT molecular complexity index is 570. The summed E-state index contributed by atoms with van der Waals surface area (Å²) in [5.74, 6) is 1.67. The normalized spacial score (nSPS) is 10.2. The summed E-state index contributed by atoms with van der Waals surface area (Å²) in [7, 11) is 4.01. The van der Waals surface area contributed by atoms with Crippen molar-refractivity contribution in [3.63, 3.8) is 0 Å². The van der Waals surface area contributed by atoms with Gasteiger partial charge in [0.05, 0.1) is 0 Å². The van der Waals surface area contributed by atoms with Gasteiger partial charge in [0.2, 0.25) is 0 Å². The first-order chi connectivity index (χ1) is 10.2. The predicted octanol–water partition coefficient (Wildman–Crippen LogP) is 2.67. The van der Waals surface area contributed by atoms with Gasteiger partial charge in [-0.3, -0.25) is 0 Å². The van der Waals surface area contributed by atoms with Crippen LogP contribution in [0.5, 0.6) is 11.5 Å². The molecule has 0 aliphatic rings. The second-order valence-corrected chi connectivity index (χ2v) is 4.94. The molecule has 21 heavy (non-hydrogen) atoms. The van der Waals surface area contributed by atoms with E-state index in [-0.39, 0.29) is 0 Å². The van der Waals surface area contributed by atoms with Crippen molar-refractivity contribution in [2.24, 2.45) is 5.73 Å². The number of anilines is 1. The van der Waals surface area contributed by atoms with Gasteiger partial charge in [-0.25, -0.2) is 0 Å². The highest BCUT2D eigenvalue weighted by atomic mass is 16.5. The van der Waals surface area contributed by atoms with Crippen molar-refractivity contribution in [1.29, 1.82) is 0 Å². The Labute approximate surface area is 126 Å². The SMILES string of the molecule is CN(C)c1cccc(OCCOc2cccc(CN)c2)c1. The third-order valence-electron chi connectivity index (χ3n) is 3.09. The molecular weight excluding hydrogens is 264 g/mol. The average molecular weight is 286 g/mol. The molecule has 0 saturated carbocycles. The Hall–Kier alpha value is -2.20. The van der Waals surface area contributed by atoms with Crippen molar-refractivity contribution in [1.82, 2.24) is 0 Å². The molecule has 2 aromatic rings. The molecule has 0 aromatic heterocycles. The largest absolute Gasteiger partial charge is 0.490 e. The number of ether oxygens (including phenoxy) is 2. The van der Waals surface area contributed by atoms with E-state index in [0.29, 0.717) is 19.8 Å². The molecule has 4 heteroatoms. The maximum absolute atomic E-state index is 5.70. The van der Waals surface area contributed by atoms with Crippen LogP contribution in [0, 0.1) is 0 Å². The van der Waals surface area contributed by atoms with E-state index in [0.717, 1.165) is 22.7 Å². The number of hydrogen-bond acceptors (Lipinski definition) is 4. The number of rotatable bonds is 7.